The molecular formula is C9H9BrN2O2. The van der Waals surface area contributed by atoms with E-state index in [0.717, 1.165) is 5.56 Å². The first-order valence-electron chi connectivity index (χ1n) is 4.15. The topological polar surface area (TPSA) is 58.0 Å². The van der Waals surface area contributed by atoms with Gasteiger partial charge in [-0.3, -0.25) is 4.98 Å². The van der Waals surface area contributed by atoms with Crippen molar-refractivity contribution < 1.29 is 4.42 Å². The van der Waals surface area contributed by atoms with Crippen LogP contribution in [0, 0.1) is 0 Å². The number of fused-ring (bicyclic) bond motifs is 1. The molecule has 14 heavy (non-hydrogen) atoms. The van der Waals surface area contributed by atoms with Crippen LogP contribution in [-0.2, 0) is 0 Å². The SMILES string of the molecule is CNC(Br)c1ccc2oc(=O)[nH]c2c1. The first kappa shape index (κ1) is 9.48. The van der Waals surface area contributed by atoms with Crippen molar-refractivity contribution in [2.45, 2.75) is 4.95 Å². The third-order valence-electron chi connectivity index (χ3n) is 1.99. The predicted octanol–water partition coefficient (Wildman–Crippen LogP) is 1.73. The molecule has 4 nitrogen and oxygen atoms in total. The molecule has 1 unspecified atom stereocenters. The molecule has 0 aliphatic heterocycles. The number of hydrogen-bond donors (Lipinski definition) is 2. The molecule has 2 aromatic rings. The maximum Gasteiger partial charge on any atom is 0.417 e. The molecule has 0 fully saturated rings. The highest BCUT2D eigenvalue weighted by Crippen LogP contribution is 2.22. The monoisotopic (exact) mass is 256 g/mol. The Kier molecular flexibility index (Phi) is 2.43. The zero-order valence-corrected chi connectivity index (χ0v) is 9.09. The second-order valence-corrected chi connectivity index (χ2v) is 3.84. The summed E-state index contributed by atoms with van der Waals surface area (Å²) in [5, 5.41) is 3.05. The van der Waals surface area contributed by atoms with Gasteiger partial charge in [-0.05, 0) is 24.7 Å². The lowest BCUT2D eigenvalue weighted by Crippen LogP contribution is -2.08. The van der Waals surface area contributed by atoms with E-state index in [-0.39, 0.29) is 4.95 Å². The lowest BCUT2D eigenvalue weighted by molar-refractivity contribution is 0.555. The van der Waals surface area contributed by atoms with Gasteiger partial charge in [-0.15, -0.1) is 0 Å². The molecule has 0 saturated heterocycles. The summed E-state index contributed by atoms with van der Waals surface area (Å²) in [6, 6.07) is 5.54. The van der Waals surface area contributed by atoms with Crippen molar-refractivity contribution in [2.75, 3.05) is 7.05 Å². The third kappa shape index (κ3) is 1.60. The van der Waals surface area contributed by atoms with Crippen LogP contribution in [0.25, 0.3) is 11.1 Å². The van der Waals surface area contributed by atoms with Crippen LogP contribution in [0.4, 0.5) is 0 Å². The van der Waals surface area contributed by atoms with Crippen LogP contribution < -0.4 is 11.1 Å². The second-order valence-electron chi connectivity index (χ2n) is 2.92. The van der Waals surface area contributed by atoms with Crippen molar-refractivity contribution in [3.63, 3.8) is 0 Å². The lowest BCUT2D eigenvalue weighted by Gasteiger charge is -2.07. The Bertz CT molecular complexity index is 503. The van der Waals surface area contributed by atoms with Crippen molar-refractivity contribution in [3.8, 4) is 0 Å². The zero-order chi connectivity index (χ0) is 10.1. The van der Waals surface area contributed by atoms with Crippen molar-refractivity contribution in [1.29, 1.82) is 0 Å². The predicted molar refractivity (Wildman–Crippen MR) is 57.6 cm³/mol. The Morgan fingerprint density at radius 1 is 1.57 bits per heavy atom. The summed E-state index contributed by atoms with van der Waals surface area (Å²) in [5.41, 5.74) is 2.33. The van der Waals surface area contributed by atoms with Gasteiger partial charge in [-0.25, -0.2) is 4.79 Å². The van der Waals surface area contributed by atoms with Crippen LogP contribution in [0.15, 0.2) is 27.4 Å². The van der Waals surface area contributed by atoms with E-state index in [1.54, 1.807) is 6.07 Å². The molecule has 0 radical (unpaired) electrons. The second kappa shape index (κ2) is 3.59. The largest absolute Gasteiger partial charge is 0.417 e. The standard InChI is InChI=1S/C9H9BrN2O2/c1-11-8(10)5-2-3-7-6(4-5)12-9(13)14-7/h2-4,8,11H,1H3,(H,12,13). The van der Waals surface area contributed by atoms with Crippen LogP contribution in [0.3, 0.4) is 0 Å². The Morgan fingerprint density at radius 3 is 3.07 bits per heavy atom. The third-order valence-corrected chi connectivity index (χ3v) is 2.98. The van der Waals surface area contributed by atoms with Crippen molar-refractivity contribution in [3.05, 3.63) is 34.3 Å². The van der Waals surface area contributed by atoms with Gasteiger partial charge in [0.1, 0.15) is 0 Å². The lowest BCUT2D eigenvalue weighted by atomic mass is 10.2. The minimum atomic E-state index is -0.423. The molecule has 0 aliphatic carbocycles. The number of alkyl halides is 1. The highest BCUT2D eigenvalue weighted by molar-refractivity contribution is 9.09. The number of halogens is 1. The fourth-order valence-electron chi connectivity index (χ4n) is 1.29. The van der Waals surface area contributed by atoms with Crippen molar-refractivity contribution >= 4 is 27.0 Å². The van der Waals surface area contributed by atoms with Gasteiger partial charge in [0.05, 0.1) is 10.5 Å². The number of aromatic amines is 1. The smallest absolute Gasteiger partial charge is 0.408 e. The quantitative estimate of drug-likeness (QED) is 0.636. The van der Waals surface area contributed by atoms with E-state index >= 15 is 0 Å². The molecule has 0 amide bonds. The minimum Gasteiger partial charge on any atom is -0.408 e. The van der Waals surface area contributed by atoms with Gasteiger partial charge in [-0.1, -0.05) is 22.0 Å². The molecule has 74 valence electrons. The molecule has 2 rings (SSSR count). The first-order chi connectivity index (χ1) is 6.70. The van der Waals surface area contributed by atoms with Crippen LogP contribution in [0.1, 0.15) is 10.5 Å². The van der Waals surface area contributed by atoms with Crippen molar-refractivity contribution in [1.82, 2.24) is 10.3 Å². The molecule has 0 bridgehead atoms. The molecule has 1 heterocycles. The van der Waals surface area contributed by atoms with Gasteiger partial charge in [0.2, 0.25) is 0 Å². The summed E-state index contributed by atoms with van der Waals surface area (Å²) in [5.74, 6) is -0.423. The average molecular weight is 257 g/mol. The molecule has 0 saturated carbocycles. The molecule has 0 aliphatic rings. The number of rotatable bonds is 2. The number of nitrogens with one attached hydrogen (secondary N) is 2. The van der Waals surface area contributed by atoms with Crippen LogP contribution in [0.2, 0.25) is 0 Å². The van der Waals surface area contributed by atoms with E-state index in [1.165, 1.54) is 0 Å². The first-order valence-corrected chi connectivity index (χ1v) is 5.06. The number of hydrogen-bond acceptors (Lipinski definition) is 3. The molecule has 5 heteroatoms. The van der Waals surface area contributed by atoms with Gasteiger partial charge in [0.25, 0.3) is 0 Å². The van der Waals surface area contributed by atoms with E-state index < -0.39 is 5.76 Å². The van der Waals surface area contributed by atoms with Gasteiger partial charge in [0, 0.05) is 0 Å². The maximum absolute atomic E-state index is 10.9. The van der Waals surface area contributed by atoms with E-state index in [4.69, 9.17) is 4.42 Å². The van der Waals surface area contributed by atoms with E-state index in [1.807, 2.05) is 19.2 Å². The zero-order valence-electron chi connectivity index (χ0n) is 7.50. The Morgan fingerprint density at radius 2 is 2.36 bits per heavy atom. The number of H-pyrrole nitrogens is 1. The molecule has 1 aromatic heterocycles. The fraction of sp³-hybridized carbons (Fsp3) is 0.222. The van der Waals surface area contributed by atoms with E-state index in [2.05, 4.69) is 26.2 Å². The van der Waals surface area contributed by atoms with Gasteiger partial charge < -0.3 is 9.73 Å². The molecular weight excluding hydrogens is 248 g/mol. The Hall–Kier alpha value is -1.07. The fourth-order valence-corrected chi connectivity index (χ4v) is 1.58. The van der Waals surface area contributed by atoms with Crippen LogP contribution in [0.5, 0.6) is 0 Å². The normalized spacial score (nSPS) is 13.3. The van der Waals surface area contributed by atoms with Crippen LogP contribution >= 0.6 is 15.9 Å². The number of aromatic nitrogens is 1. The molecule has 1 atom stereocenters. The summed E-state index contributed by atoms with van der Waals surface area (Å²) in [4.78, 5) is 13.6. The summed E-state index contributed by atoms with van der Waals surface area (Å²) < 4.78 is 4.89. The van der Waals surface area contributed by atoms with Gasteiger partial charge >= 0.3 is 5.76 Å². The average Bonchev–Trinajstić information content (AvgIpc) is 2.55. The molecule has 1 aromatic carbocycles. The highest BCUT2D eigenvalue weighted by Gasteiger charge is 2.07. The number of oxazole rings is 1. The molecule has 2 N–H and O–H groups in total. The number of benzene rings is 1. The summed E-state index contributed by atoms with van der Waals surface area (Å²) >= 11 is 3.44. The van der Waals surface area contributed by atoms with Crippen molar-refractivity contribution in [2.24, 2.45) is 0 Å². The van der Waals surface area contributed by atoms with Gasteiger partial charge in [0.15, 0.2) is 5.58 Å². The van der Waals surface area contributed by atoms with E-state index in [0.29, 0.717) is 11.1 Å². The van der Waals surface area contributed by atoms with Gasteiger partial charge in [-0.2, -0.15) is 0 Å². The summed E-state index contributed by atoms with van der Waals surface area (Å²) in [7, 11) is 1.85. The minimum absolute atomic E-state index is 0.0744. The Labute approximate surface area is 88.4 Å². The van der Waals surface area contributed by atoms with Crippen LogP contribution in [-0.4, -0.2) is 12.0 Å². The van der Waals surface area contributed by atoms with E-state index in [9.17, 15) is 4.79 Å². The Balaban J connectivity index is 2.55. The maximum atomic E-state index is 10.9. The summed E-state index contributed by atoms with van der Waals surface area (Å²) in [6.07, 6.45) is 0. The summed E-state index contributed by atoms with van der Waals surface area (Å²) in [6.45, 7) is 0. The highest BCUT2D eigenvalue weighted by atomic mass is 79.9. The molecule has 0 spiro atoms.